The Bertz CT molecular complexity index is 524. The van der Waals surface area contributed by atoms with Gasteiger partial charge in [-0.05, 0) is 29.7 Å². The molecule has 2 N–H and O–H groups in total. The Balaban J connectivity index is 1.96. The second kappa shape index (κ2) is 4.78. The number of hydrogen-bond acceptors (Lipinski definition) is 3. The molecule has 0 amide bonds. The SMILES string of the molecule is NCC1Cc2ccccc2CN1c1ccncc1. The standard InChI is InChI=1S/C15H17N3/c16-10-15-9-12-3-1-2-4-13(12)11-18(15)14-5-7-17-8-6-14/h1-8,15H,9-11,16H2. The van der Waals surface area contributed by atoms with E-state index in [0.29, 0.717) is 12.6 Å². The maximum absolute atomic E-state index is 5.93. The Kier molecular flexibility index (Phi) is 2.99. The van der Waals surface area contributed by atoms with Crippen molar-refractivity contribution in [3.05, 3.63) is 59.9 Å². The van der Waals surface area contributed by atoms with Gasteiger partial charge in [0.05, 0.1) is 0 Å². The van der Waals surface area contributed by atoms with Crippen molar-refractivity contribution >= 4 is 5.69 Å². The summed E-state index contributed by atoms with van der Waals surface area (Å²) in [7, 11) is 0. The molecule has 1 aromatic heterocycles. The van der Waals surface area contributed by atoms with Crippen molar-refractivity contribution in [2.75, 3.05) is 11.4 Å². The lowest BCUT2D eigenvalue weighted by Crippen LogP contribution is -2.45. The van der Waals surface area contributed by atoms with Gasteiger partial charge in [-0.1, -0.05) is 24.3 Å². The average Bonchev–Trinajstić information content (AvgIpc) is 2.46. The predicted molar refractivity (Wildman–Crippen MR) is 73.4 cm³/mol. The molecule has 0 bridgehead atoms. The minimum Gasteiger partial charge on any atom is -0.363 e. The van der Waals surface area contributed by atoms with E-state index in [1.165, 1.54) is 16.8 Å². The van der Waals surface area contributed by atoms with E-state index in [1.807, 2.05) is 12.4 Å². The lowest BCUT2D eigenvalue weighted by Gasteiger charge is -2.38. The fourth-order valence-corrected chi connectivity index (χ4v) is 2.64. The van der Waals surface area contributed by atoms with Crippen LogP contribution in [0.3, 0.4) is 0 Å². The van der Waals surface area contributed by atoms with Crippen LogP contribution >= 0.6 is 0 Å². The number of fused-ring (bicyclic) bond motifs is 1. The molecule has 3 nitrogen and oxygen atoms in total. The zero-order chi connectivity index (χ0) is 12.4. The van der Waals surface area contributed by atoms with Crippen molar-refractivity contribution in [1.29, 1.82) is 0 Å². The van der Waals surface area contributed by atoms with E-state index in [4.69, 9.17) is 5.73 Å². The first-order valence-corrected chi connectivity index (χ1v) is 6.32. The zero-order valence-corrected chi connectivity index (χ0v) is 10.3. The molecule has 0 saturated heterocycles. The van der Waals surface area contributed by atoms with Crippen LogP contribution in [0.1, 0.15) is 11.1 Å². The summed E-state index contributed by atoms with van der Waals surface area (Å²) in [5.74, 6) is 0. The highest BCUT2D eigenvalue weighted by atomic mass is 15.2. The average molecular weight is 239 g/mol. The summed E-state index contributed by atoms with van der Waals surface area (Å²) in [6.45, 7) is 1.61. The molecule has 18 heavy (non-hydrogen) atoms. The molecule has 1 aliphatic rings. The summed E-state index contributed by atoms with van der Waals surface area (Å²) >= 11 is 0. The highest BCUT2D eigenvalue weighted by Gasteiger charge is 2.24. The smallest absolute Gasteiger partial charge is 0.0456 e. The van der Waals surface area contributed by atoms with Crippen molar-refractivity contribution < 1.29 is 0 Å². The molecule has 1 atom stereocenters. The van der Waals surface area contributed by atoms with Gasteiger partial charge in [0.15, 0.2) is 0 Å². The number of benzene rings is 1. The highest BCUT2D eigenvalue weighted by Crippen LogP contribution is 2.27. The molecule has 0 fully saturated rings. The normalized spacial score (nSPS) is 18.5. The van der Waals surface area contributed by atoms with Gasteiger partial charge in [-0.15, -0.1) is 0 Å². The molecule has 3 heteroatoms. The fraction of sp³-hybridized carbons (Fsp3) is 0.267. The van der Waals surface area contributed by atoms with Gasteiger partial charge in [0.25, 0.3) is 0 Å². The summed E-state index contributed by atoms with van der Waals surface area (Å²) in [6, 6.07) is 13.1. The van der Waals surface area contributed by atoms with Gasteiger partial charge in [0.1, 0.15) is 0 Å². The maximum atomic E-state index is 5.93. The van der Waals surface area contributed by atoms with Crippen LogP contribution in [-0.4, -0.2) is 17.6 Å². The van der Waals surface area contributed by atoms with E-state index in [2.05, 4.69) is 46.3 Å². The molecular formula is C15H17N3. The lowest BCUT2D eigenvalue weighted by molar-refractivity contribution is 0.561. The minimum absolute atomic E-state index is 0.377. The van der Waals surface area contributed by atoms with Gasteiger partial charge in [-0.25, -0.2) is 0 Å². The Morgan fingerprint density at radius 2 is 1.83 bits per heavy atom. The quantitative estimate of drug-likeness (QED) is 0.871. The van der Waals surface area contributed by atoms with Crippen LogP contribution in [0, 0.1) is 0 Å². The molecule has 92 valence electrons. The largest absolute Gasteiger partial charge is 0.363 e. The molecule has 2 aromatic rings. The third-order valence-corrected chi connectivity index (χ3v) is 3.62. The van der Waals surface area contributed by atoms with Crippen LogP contribution in [0.25, 0.3) is 0 Å². The molecule has 1 unspecified atom stereocenters. The van der Waals surface area contributed by atoms with Crippen molar-refractivity contribution in [1.82, 2.24) is 4.98 Å². The Morgan fingerprint density at radius 1 is 1.11 bits per heavy atom. The van der Waals surface area contributed by atoms with Gasteiger partial charge in [0, 0.05) is 37.2 Å². The van der Waals surface area contributed by atoms with Gasteiger partial charge in [-0.3, -0.25) is 4.98 Å². The fourth-order valence-electron chi connectivity index (χ4n) is 2.64. The van der Waals surface area contributed by atoms with E-state index >= 15 is 0 Å². The van der Waals surface area contributed by atoms with Gasteiger partial charge < -0.3 is 10.6 Å². The molecule has 1 aliphatic heterocycles. The van der Waals surface area contributed by atoms with Crippen molar-refractivity contribution in [2.24, 2.45) is 5.73 Å². The van der Waals surface area contributed by atoms with E-state index in [1.54, 1.807) is 0 Å². The molecular weight excluding hydrogens is 222 g/mol. The van der Waals surface area contributed by atoms with E-state index < -0.39 is 0 Å². The number of rotatable bonds is 2. The molecule has 0 spiro atoms. The number of hydrogen-bond donors (Lipinski definition) is 1. The molecule has 3 rings (SSSR count). The summed E-state index contributed by atoms with van der Waals surface area (Å²) in [4.78, 5) is 6.46. The summed E-state index contributed by atoms with van der Waals surface area (Å²) in [5, 5.41) is 0. The Morgan fingerprint density at radius 3 is 2.56 bits per heavy atom. The third-order valence-electron chi connectivity index (χ3n) is 3.62. The second-order valence-corrected chi connectivity index (χ2v) is 4.70. The van der Waals surface area contributed by atoms with Crippen LogP contribution in [0.5, 0.6) is 0 Å². The number of anilines is 1. The zero-order valence-electron chi connectivity index (χ0n) is 10.3. The minimum atomic E-state index is 0.377. The first-order valence-electron chi connectivity index (χ1n) is 6.32. The summed E-state index contributed by atoms with van der Waals surface area (Å²) < 4.78 is 0. The predicted octanol–water partition coefficient (Wildman–Crippen LogP) is 1.97. The van der Waals surface area contributed by atoms with Gasteiger partial charge >= 0.3 is 0 Å². The van der Waals surface area contributed by atoms with Crippen molar-refractivity contribution in [3.8, 4) is 0 Å². The highest BCUT2D eigenvalue weighted by molar-refractivity contribution is 5.50. The summed E-state index contributed by atoms with van der Waals surface area (Å²) in [6.07, 6.45) is 4.70. The van der Waals surface area contributed by atoms with E-state index in [9.17, 15) is 0 Å². The van der Waals surface area contributed by atoms with Crippen LogP contribution in [0.2, 0.25) is 0 Å². The number of nitrogens with two attached hydrogens (primary N) is 1. The molecule has 0 saturated carbocycles. The van der Waals surface area contributed by atoms with E-state index in [-0.39, 0.29) is 0 Å². The first kappa shape index (κ1) is 11.2. The van der Waals surface area contributed by atoms with Crippen LogP contribution < -0.4 is 10.6 Å². The Labute approximate surface area is 107 Å². The number of nitrogens with zero attached hydrogens (tertiary/aromatic N) is 2. The number of aromatic nitrogens is 1. The maximum Gasteiger partial charge on any atom is 0.0456 e. The van der Waals surface area contributed by atoms with Crippen LogP contribution in [0.15, 0.2) is 48.8 Å². The molecule has 2 heterocycles. The topological polar surface area (TPSA) is 42.1 Å². The van der Waals surface area contributed by atoms with Crippen LogP contribution in [-0.2, 0) is 13.0 Å². The van der Waals surface area contributed by atoms with Gasteiger partial charge in [0.2, 0.25) is 0 Å². The van der Waals surface area contributed by atoms with Crippen molar-refractivity contribution in [3.63, 3.8) is 0 Å². The Hall–Kier alpha value is -1.87. The molecule has 1 aromatic carbocycles. The van der Waals surface area contributed by atoms with Crippen molar-refractivity contribution in [2.45, 2.75) is 19.0 Å². The summed E-state index contributed by atoms with van der Waals surface area (Å²) in [5.41, 5.74) is 9.97. The lowest BCUT2D eigenvalue weighted by atomic mass is 9.93. The number of pyridine rings is 1. The first-order chi connectivity index (χ1) is 8.88. The van der Waals surface area contributed by atoms with Crippen LogP contribution in [0.4, 0.5) is 5.69 Å². The molecule has 0 radical (unpaired) electrons. The van der Waals surface area contributed by atoms with E-state index in [0.717, 1.165) is 13.0 Å². The third kappa shape index (κ3) is 1.97. The van der Waals surface area contributed by atoms with Gasteiger partial charge in [-0.2, -0.15) is 0 Å². The second-order valence-electron chi connectivity index (χ2n) is 4.70. The monoisotopic (exact) mass is 239 g/mol. The molecule has 0 aliphatic carbocycles.